The molecule has 2 aromatic heterocycles. The Labute approximate surface area is 192 Å². The maximum absolute atomic E-state index is 13.5. The molecule has 4 aromatic rings. The molecule has 1 amide bonds. The third kappa shape index (κ3) is 4.57. The van der Waals surface area contributed by atoms with E-state index in [4.69, 9.17) is 9.72 Å². The molecule has 10 heteroatoms. The molecule has 4 rings (SSSR count). The molecule has 0 fully saturated rings. The highest BCUT2D eigenvalue weighted by atomic mass is 32.1. The number of anilines is 1. The zero-order valence-electron chi connectivity index (χ0n) is 17.9. The molecular formula is C22H22N4O4S2. The molecule has 0 aliphatic carbocycles. The number of amides is 1. The first kappa shape index (κ1) is 22.1. The molecule has 0 saturated heterocycles. The number of nitro benzene ring substituents is 1. The second-order valence-electron chi connectivity index (χ2n) is 7.53. The van der Waals surface area contributed by atoms with Gasteiger partial charge in [-0.3, -0.25) is 19.8 Å². The number of hydrogen-bond donors (Lipinski definition) is 0. The smallest absolute Gasteiger partial charge is 0.270 e. The first-order valence-electron chi connectivity index (χ1n) is 9.95. The zero-order valence-corrected chi connectivity index (χ0v) is 19.5. The number of nitro groups is 1. The summed E-state index contributed by atoms with van der Waals surface area (Å²) >= 11 is 2.78. The van der Waals surface area contributed by atoms with Gasteiger partial charge < -0.3 is 9.64 Å². The summed E-state index contributed by atoms with van der Waals surface area (Å²) in [6, 6.07) is 12.0. The Morgan fingerprint density at radius 1 is 1.09 bits per heavy atom. The van der Waals surface area contributed by atoms with Crippen molar-refractivity contribution in [1.82, 2.24) is 9.88 Å². The van der Waals surface area contributed by atoms with E-state index in [1.54, 1.807) is 24.1 Å². The Kier molecular flexibility index (Phi) is 6.35. The van der Waals surface area contributed by atoms with Gasteiger partial charge in [0.25, 0.3) is 11.6 Å². The molecular weight excluding hydrogens is 448 g/mol. The van der Waals surface area contributed by atoms with Crippen LogP contribution in [-0.2, 0) is 0 Å². The third-order valence-corrected chi connectivity index (χ3v) is 7.11. The van der Waals surface area contributed by atoms with Gasteiger partial charge in [0, 0.05) is 28.8 Å². The van der Waals surface area contributed by atoms with E-state index in [0.29, 0.717) is 21.9 Å². The predicted molar refractivity (Wildman–Crippen MR) is 129 cm³/mol. The Bertz CT molecular complexity index is 1300. The lowest BCUT2D eigenvalue weighted by Crippen LogP contribution is -2.32. The number of benzene rings is 2. The van der Waals surface area contributed by atoms with Crippen LogP contribution >= 0.6 is 22.7 Å². The van der Waals surface area contributed by atoms with Crippen molar-refractivity contribution in [3.05, 3.63) is 57.5 Å². The number of nitrogens with zero attached hydrogens (tertiary/aromatic N) is 4. The quantitative estimate of drug-likeness (QED) is 0.265. The van der Waals surface area contributed by atoms with E-state index in [-0.39, 0.29) is 11.6 Å². The van der Waals surface area contributed by atoms with Crippen LogP contribution in [0.15, 0.2) is 42.5 Å². The van der Waals surface area contributed by atoms with Gasteiger partial charge in [0.05, 0.1) is 27.1 Å². The summed E-state index contributed by atoms with van der Waals surface area (Å²) in [7, 11) is 5.61. The number of hydrogen-bond acceptors (Lipinski definition) is 8. The normalized spacial score (nSPS) is 11.4. The highest BCUT2D eigenvalue weighted by Crippen LogP contribution is 2.34. The molecule has 8 nitrogen and oxygen atoms in total. The summed E-state index contributed by atoms with van der Waals surface area (Å²) in [5.74, 6) is 0.586. The molecule has 0 N–H and O–H groups in total. The van der Waals surface area contributed by atoms with E-state index in [1.807, 2.05) is 32.3 Å². The summed E-state index contributed by atoms with van der Waals surface area (Å²) in [5.41, 5.74) is 0.820. The lowest BCUT2D eigenvalue weighted by molar-refractivity contribution is -0.384. The number of carbonyl (C=O) groups excluding carboxylic acids is 1. The van der Waals surface area contributed by atoms with Crippen molar-refractivity contribution in [3.8, 4) is 5.75 Å². The molecule has 0 unspecified atom stereocenters. The predicted octanol–water partition coefficient (Wildman–Crippen LogP) is 5.03. The highest BCUT2D eigenvalue weighted by molar-refractivity contribution is 7.23. The molecule has 0 bridgehead atoms. The van der Waals surface area contributed by atoms with Gasteiger partial charge in [-0.2, -0.15) is 0 Å². The van der Waals surface area contributed by atoms with E-state index in [1.165, 1.54) is 34.8 Å². The van der Waals surface area contributed by atoms with Crippen LogP contribution in [0.2, 0.25) is 0 Å². The molecule has 32 heavy (non-hydrogen) atoms. The number of thiazole rings is 1. The molecule has 0 atom stereocenters. The third-order valence-electron chi connectivity index (χ3n) is 4.97. The van der Waals surface area contributed by atoms with Gasteiger partial charge in [-0.25, -0.2) is 4.98 Å². The molecule has 0 spiro atoms. The number of ether oxygens (including phenoxy) is 1. The van der Waals surface area contributed by atoms with Crippen LogP contribution in [-0.4, -0.2) is 55.0 Å². The average molecular weight is 471 g/mol. The maximum Gasteiger partial charge on any atom is 0.270 e. The van der Waals surface area contributed by atoms with E-state index >= 15 is 0 Å². The highest BCUT2D eigenvalue weighted by Gasteiger charge is 2.23. The van der Waals surface area contributed by atoms with Crippen LogP contribution in [0, 0.1) is 10.1 Å². The summed E-state index contributed by atoms with van der Waals surface area (Å²) in [5, 5.41) is 12.4. The number of rotatable bonds is 8. The van der Waals surface area contributed by atoms with Gasteiger partial charge in [0.2, 0.25) is 0 Å². The Morgan fingerprint density at radius 2 is 1.91 bits per heavy atom. The van der Waals surface area contributed by atoms with Crippen LogP contribution in [0.4, 0.5) is 10.8 Å². The zero-order chi connectivity index (χ0) is 22.8. The van der Waals surface area contributed by atoms with E-state index < -0.39 is 4.92 Å². The first-order chi connectivity index (χ1) is 15.4. The molecule has 2 heterocycles. The number of carbonyl (C=O) groups is 1. The van der Waals surface area contributed by atoms with Crippen LogP contribution in [0.25, 0.3) is 20.3 Å². The number of fused-ring (bicyclic) bond motifs is 2. The molecule has 0 aliphatic heterocycles. The van der Waals surface area contributed by atoms with Crippen molar-refractivity contribution in [2.24, 2.45) is 0 Å². The minimum Gasteiger partial charge on any atom is -0.497 e. The number of aromatic nitrogens is 1. The minimum absolute atomic E-state index is 0.0114. The van der Waals surface area contributed by atoms with Gasteiger partial charge in [-0.1, -0.05) is 11.3 Å². The number of methoxy groups -OCH3 is 1. The summed E-state index contributed by atoms with van der Waals surface area (Å²) in [6.45, 7) is 1.35. The second kappa shape index (κ2) is 9.19. The van der Waals surface area contributed by atoms with Crippen molar-refractivity contribution in [2.45, 2.75) is 6.42 Å². The second-order valence-corrected chi connectivity index (χ2v) is 9.63. The Hall–Kier alpha value is -3.08. The van der Waals surface area contributed by atoms with Crippen molar-refractivity contribution >= 4 is 59.7 Å². The van der Waals surface area contributed by atoms with E-state index in [0.717, 1.165) is 33.6 Å². The van der Waals surface area contributed by atoms with Crippen LogP contribution in [0.5, 0.6) is 5.75 Å². The average Bonchev–Trinajstić information content (AvgIpc) is 3.38. The van der Waals surface area contributed by atoms with Gasteiger partial charge in [-0.05, 0) is 57.4 Å². The van der Waals surface area contributed by atoms with E-state index in [9.17, 15) is 14.9 Å². The lowest BCUT2D eigenvalue weighted by atomic mass is 10.2. The SMILES string of the molecule is COc1ccc2nc(N(CCCN(C)C)C(=O)c3cc4cc([N+](=O)[O-])ccc4s3)sc2c1. The van der Waals surface area contributed by atoms with Crippen molar-refractivity contribution < 1.29 is 14.5 Å². The van der Waals surface area contributed by atoms with E-state index in [2.05, 4.69) is 4.90 Å². The first-order valence-corrected chi connectivity index (χ1v) is 11.6. The fourth-order valence-electron chi connectivity index (χ4n) is 3.35. The van der Waals surface area contributed by atoms with Crippen LogP contribution in [0.3, 0.4) is 0 Å². The van der Waals surface area contributed by atoms with Gasteiger partial charge in [0.15, 0.2) is 5.13 Å². The van der Waals surface area contributed by atoms with Gasteiger partial charge in [0.1, 0.15) is 5.75 Å². The molecule has 0 radical (unpaired) electrons. The van der Waals surface area contributed by atoms with Crippen LogP contribution < -0.4 is 9.64 Å². The topological polar surface area (TPSA) is 88.8 Å². The summed E-state index contributed by atoms with van der Waals surface area (Å²) in [6.07, 6.45) is 0.786. The molecule has 0 saturated carbocycles. The number of thiophene rings is 1. The standard InChI is InChI=1S/C22H22N4O4S2/c1-24(2)9-4-10-25(22-23-17-7-6-16(30-3)13-19(17)32-22)21(27)20-12-14-11-15(26(28)29)5-8-18(14)31-20/h5-8,11-13H,4,9-10H2,1-3H3. The van der Waals surface area contributed by atoms with Crippen molar-refractivity contribution in [2.75, 3.05) is 39.2 Å². The summed E-state index contributed by atoms with van der Waals surface area (Å²) < 4.78 is 7.08. The lowest BCUT2D eigenvalue weighted by Gasteiger charge is -2.20. The summed E-state index contributed by atoms with van der Waals surface area (Å²) in [4.78, 5) is 33.2. The van der Waals surface area contributed by atoms with Gasteiger partial charge >= 0.3 is 0 Å². The number of non-ortho nitro benzene ring substituents is 1. The largest absolute Gasteiger partial charge is 0.497 e. The minimum atomic E-state index is -0.429. The fraction of sp³-hybridized carbons (Fsp3) is 0.273. The van der Waals surface area contributed by atoms with Crippen molar-refractivity contribution in [1.29, 1.82) is 0 Å². The van der Waals surface area contributed by atoms with Gasteiger partial charge in [-0.15, -0.1) is 11.3 Å². The monoisotopic (exact) mass is 470 g/mol. The van der Waals surface area contributed by atoms with Crippen LogP contribution in [0.1, 0.15) is 16.1 Å². The Balaban J connectivity index is 1.70. The molecule has 2 aromatic carbocycles. The molecule has 0 aliphatic rings. The van der Waals surface area contributed by atoms with Crippen molar-refractivity contribution in [3.63, 3.8) is 0 Å². The maximum atomic E-state index is 13.5. The Morgan fingerprint density at radius 3 is 2.62 bits per heavy atom. The molecule has 166 valence electrons. The fourth-order valence-corrected chi connectivity index (χ4v) is 5.36.